The van der Waals surface area contributed by atoms with Gasteiger partial charge in [-0.3, -0.25) is 15.1 Å². The number of aromatic nitrogens is 1. The lowest BCUT2D eigenvalue weighted by molar-refractivity contribution is 0.0741. The van der Waals surface area contributed by atoms with Crippen LogP contribution in [-0.4, -0.2) is 81.2 Å². The lowest BCUT2D eigenvalue weighted by Gasteiger charge is -2.24. The standard InChI is InChI=1S/C30H40N6O3/c1-34(2)16-8-17-35(3)28-13-12-25(20-27(28)33-30(38)39-4)24-10-5-9-23(19-24)22-36(18-7-14-31)29(37)26-11-6-15-32-21-26/h5-6,9-13,15,19-21H,7-8,14,16-18,22,31H2,1-4H3,(H,33,38). The first kappa shape index (κ1) is 29.6. The molecule has 0 saturated carbocycles. The molecule has 0 fully saturated rings. The quantitative estimate of drug-likeness (QED) is 0.338. The fraction of sp³-hybridized carbons (Fsp3) is 0.367. The molecule has 3 rings (SSSR count). The van der Waals surface area contributed by atoms with E-state index in [1.165, 1.54) is 7.11 Å². The van der Waals surface area contributed by atoms with E-state index in [4.69, 9.17) is 10.5 Å². The van der Waals surface area contributed by atoms with Gasteiger partial charge in [0.15, 0.2) is 0 Å². The molecule has 208 valence electrons. The summed E-state index contributed by atoms with van der Waals surface area (Å²) in [6.07, 6.45) is 4.42. The molecule has 1 heterocycles. The lowest BCUT2D eigenvalue weighted by atomic mass is 10.0. The number of benzene rings is 2. The van der Waals surface area contributed by atoms with Crippen LogP contribution in [0, 0.1) is 0 Å². The molecule has 9 heteroatoms. The van der Waals surface area contributed by atoms with E-state index in [-0.39, 0.29) is 5.91 Å². The minimum absolute atomic E-state index is 0.0758. The third kappa shape index (κ3) is 8.80. The zero-order valence-electron chi connectivity index (χ0n) is 23.4. The minimum Gasteiger partial charge on any atom is -0.453 e. The van der Waals surface area contributed by atoms with Crippen LogP contribution in [0.15, 0.2) is 67.0 Å². The average Bonchev–Trinajstić information content (AvgIpc) is 2.95. The number of rotatable bonds is 13. The van der Waals surface area contributed by atoms with Crippen molar-refractivity contribution in [2.75, 3.05) is 64.6 Å². The number of methoxy groups -OCH3 is 1. The molecule has 0 saturated heterocycles. The average molecular weight is 533 g/mol. The summed E-state index contributed by atoms with van der Waals surface area (Å²) in [5.41, 5.74) is 10.8. The number of anilines is 2. The highest BCUT2D eigenvalue weighted by Crippen LogP contribution is 2.32. The maximum Gasteiger partial charge on any atom is 0.411 e. The van der Waals surface area contributed by atoms with Crippen LogP contribution < -0.4 is 16.0 Å². The molecule has 2 aromatic carbocycles. The van der Waals surface area contributed by atoms with Gasteiger partial charge in [0.25, 0.3) is 5.91 Å². The van der Waals surface area contributed by atoms with E-state index >= 15 is 0 Å². The highest BCUT2D eigenvalue weighted by Gasteiger charge is 2.17. The Hall–Kier alpha value is -3.95. The Balaban J connectivity index is 1.86. The Morgan fingerprint density at radius 2 is 1.74 bits per heavy atom. The molecule has 0 radical (unpaired) electrons. The van der Waals surface area contributed by atoms with Crippen molar-refractivity contribution in [3.63, 3.8) is 0 Å². The topological polar surface area (TPSA) is 104 Å². The van der Waals surface area contributed by atoms with Gasteiger partial charge < -0.3 is 25.2 Å². The summed E-state index contributed by atoms with van der Waals surface area (Å²) in [6.45, 7) is 3.31. The van der Waals surface area contributed by atoms with Crippen LogP contribution >= 0.6 is 0 Å². The molecule has 0 aliphatic heterocycles. The van der Waals surface area contributed by atoms with E-state index in [1.807, 2.05) is 43.4 Å². The van der Waals surface area contributed by atoms with Crippen molar-refractivity contribution in [3.05, 3.63) is 78.1 Å². The Labute approximate surface area is 231 Å². The lowest BCUT2D eigenvalue weighted by Crippen LogP contribution is -2.32. The minimum atomic E-state index is -0.520. The first-order valence-corrected chi connectivity index (χ1v) is 13.2. The largest absolute Gasteiger partial charge is 0.453 e. The van der Waals surface area contributed by atoms with Crippen LogP contribution in [0.5, 0.6) is 0 Å². The zero-order chi connectivity index (χ0) is 28.2. The van der Waals surface area contributed by atoms with Crippen molar-refractivity contribution in [3.8, 4) is 11.1 Å². The number of carbonyl (C=O) groups excluding carboxylic acids is 2. The number of ether oxygens (including phenoxy) is 1. The predicted octanol–water partition coefficient (Wildman–Crippen LogP) is 4.31. The molecule has 3 N–H and O–H groups in total. The SMILES string of the molecule is COC(=O)Nc1cc(-c2cccc(CN(CCCN)C(=O)c3cccnc3)c2)ccc1N(C)CCCN(C)C. The molecule has 3 aromatic rings. The van der Waals surface area contributed by atoms with E-state index in [1.54, 1.807) is 29.4 Å². The van der Waals surface area contributed by atoms with Gasteiger partial charge in [0.2, 0.25) is 0 Å². The van der Waals surface area contributed by atoms with Gasteiger partial charge in [0, 0.05) is 39.1 Å². The van der Waals surface area contributed by atoms with Crippen LogP contribution in [-0.2, 0) is 11.3 Å². The van der Waals surface area contributed by atoms with Crippen molar-refractivity contribution in [2.45, 2.75) is 19.4 Å². The van der Waals surface area contributed by atoms with E-state index in [0.29, 0.717) is 37.3 Å². The molecule has 9 nitrogen and oxygen atoms in total. The van der Waals surface area contributed by atoms with Gasteiger partial charge in [0.05, 0.1) is 24.0 Å². The summed E-state index contributed by atoms with van der Waals surface area (Å²) in [7, 11) is 7.48. The van der Waals surface area contributed by atoms with Crippen LogP contribution in [0.4, 0.5) is 16.2 Å². The molecule has 0 spiro atoms. The van der Waals surface area contributed by atoms with Gasteiger partial charge in [-0.2, -0.15) is 0 Å². The fourth-order valence-electron chi connectivity index (χ4n) is 4.33. The van der Waals surface area contributed by atoms with E-state index < -0.39 is 6.09 Å². The molecule has 1 aromatic heterocycles. The highest BCUT2D eigenvalue weighted by atomic mass is 16.5. The van der Waals surface area contributed by atoms with Crippen LogP contribution in [0.3, 0.4) is 0 Å². The summed E-state index contributed by atoms with van der Waals surface area (Å²) < 4.78 is 4.87. The van der Waals surface area contributed by atoms with Gasteiger partial charge >= 0.3 is 6.09 Å². The number of hydrogen-bond acceptors (Lipinski definition) is 7. The predicted molar refractivity (Wildman–Crippen MR) is 157 cm³/mol. The third-order valence-electron chi connectivity index (χ3n) is 6.39. The summed E-state index contributed by atoms with van der Waals surface area (Å²) in [4.78, 5) is 35.5. The number of carbonyl (C=O) groups is 2. The van der Waals surface area contributed by atoms with Gasteiger partial charge in [-0.25, -0.2) is 4.79 Å². The van der Waals surface area contributed by atoms with Gasteiger partial charge in [-0.05, 0) is 87.0 Å². The van der Waals surface area contributed by atoms with E-state index in [2.05, 4.69) is 40.3 Å². The highest BCUT2D eigenvalue weighted by molar-refractivity contribution is 5.94. The van der Waals surface area contributed by atoms with Gasteiger partial charge in [-0.1, -0.05) is 24.3 Å². The maximum absolute atomic E-state index is 13.2. The Morgan fingerprint density at radius 1 is 0.949 bits per heavy atom. The van der Waals surface area contributed by atoms with Crippen molar-refractivity contribution in [2.24, 2.45) is 5.73 Å². The molecular weight excluding hydrogens is 492 g/mol. The maximum atomic E-state index is 13.2. The number of pyridine rings is 1. The molecule has 0 aliphatic rings. The van der Waals surface area contributed by atoms with Crippen molar-refractivity contribution in [1.29, 1.82) is 0 Å². The molecule has 0 bridgehead atoms. The summed E-state index contributed by atoms with van der Waals surface area (Å²) in [5, 5.41) is 2.87. The zero-order valence-corrected chi connectivity index (χ0v) is 23.4. The first-order chi connectivity index (χ1) is 18.8. The second-order valence-corrected chi connectivity index (χ2v) is 9.74. The van der Waals surface area contributed by atoms with Crippen LogP contribution in [0.1, 0.15) is 28.8 Å². The Bertz CT molecular complexity index is 1220. The summed E-state index contributed by atoms with van der Waals surface area (Å²) in [6, 6.07) is 17.6. The second-order valence-electron chi connectivity index (χ2n) is 9.74. The molecular formula is C30H40N6O3. The van der Waals surface area contributed by atoms with E-state index in [0.717, 1.165) is 41.9 Å². The normalized spacial score (nSPS) is 10.8. The van der Waals surface area contributed by atoms with Gasteiger partial charge in [-0.15, -0.1) is 0 Å². The number of nitrogens with two attached hydrogens (primary N) is 1. The molecule has 39 heavy (non-hydrogen) atoms. The van der Waals surface area contributed by atoms with E-state index in [9.17, 15) is 9.59 Å². The summed E-state index contributed by atoms with van der Waals surface area (Å²) in [5.74, 6) is -0.0758. The molecule has 0 atom stereocenters. The number of amides is 2. The molecule has 2 amide bonds. The van der Waals surface area contributed by atoms with Crippen molar-refractivity contribution in [1.82, 2.24) is 14.8 Å². The first-order valence-electron chi connectivity index (χ1n) is 13.2. The second kappa shape index (κ2) is 14.8. The summed E-state index contributed by atoms with van der Waals surface area (Å²) >= 11 is 0. The fourth-order valence-corrected chi connectivity index (χ4v) is 4.33. The Morgan fingerprint density at radius 3 is 2.44 bits per heavy atom. The van der Waals surface area contributed by atoms with Crippen molar-refractivity contribution < 1.29 is 14.3 Å². The smallest absolute Gasteiger partial charge is 0.411 e. The number of nitrogens with one attached hydrogen (secondary N) is 1. The van der Waals surface area contributed by atoms with Crippen molar-refractivity contribution >= 4 is 23.4 Å². The van der Waals surface area contributed by atoms with Crippen LogP contribution in [0.2, 0.25) is 0 Å². The number of nitrogens with zero attached hydrogens (tertiary/aromatic N) is 4. The van der Waals surface area contributed by atoms with Gasteiger partial charge in [0.1, 0.15) is 0 Å². The molecule has 0 aliphatic carbocycles. The number of hydrogen-bond donors (Lipinski definition) is 2. The molecule has 0 unspecified atom stereocenters. The van der Waals surface area contributed by atoms with Crippen LogP contribution in [0.25, 0.3) is 11.1 Å². The Kier molecular flexibility index (Phi) is 11.3. The third-order valence-corrected chi connectivity index (χ3v) is 6.39. The monoisotopic (exact) mass is 532 g/mol.